The summed E-state index contributed by atoms with van der Waals surface area (Å²) in [5, 5.41) is 10.1. The second kappa shape index (κ2) is 6.20. The van der Waals surface area contributed by atoms with E-state index in [1.807, 2.05) is 0 Å². The first-order chi connectivity index (χ1) is 9.38. The average molecular weight is 316 g/mol. The Balaban J connectivity index is 2.00. The van der Waals surface area contributed by atoms with E-state index in [0.717, 1.165) is 19.5 Å². The summed E-state index contributed by atoms with van der Waals surface area (Å²) in [4.78, 5) is 12.1. The molecule has 0 bridgehead atoms. The van der Waals surface area contributed by atoms with E-state index in [0.29, 0.717) is 15.7 Å². The Kier molecular flexibility index (Phi) is 4.78. The molecule has 6 heteroatoms. The van der Waals surface area contributed by atoms with Crippen LogP contribution in [0.3, 0.4) is 0 Å². The number of carbonyl (C=O) groups is 1. The summed E-state index contributed by atoms with van der Waals surface area (Å²) >= 11 is 11.9. The Bertz CT molecular complexity index is 505. The minimum Gasteiger partial charge on any atom is -0.334 e. The molecule has 2 rings (SSSR count). The van der Waals surface area contributed by atoms with Crippen LogP contribution in [-0.2, 0) is 0 Å². The number of halogens is 2. The molecule has 2 amide bonds. The van der Waals surface area contributed by atoms with Crippen LogP contribution < -0.4 is 16.0 Å². The van der Waals surface area contributed by atoms with Gasteiger partial charge >= 0.3 is 6.03 Å². The van der Waals surface area contributed by atoms with E-state index in [9.17, 15) is 4.79 Å². The quantitative estimate of drug-likeness (QED) is 0.782. The average Bonchev–Trinajstić information content (AvgIpc) is 2.36. The van der Waals surface area contributed by atoms with Gasteiger partial charge in [0.2, 0.25) is 0 Å². The fourth-order valence-corrected chi connectivity index (χ4v) is 2.69. The number of urea groups is 1. The van der Waals surface area contributed by atoms with Gasteiger partial charge in [0.15, 0.2) is 0 Å². The van der Waals surface area contributed by atoms with Crippen LogP contribution in [0.15, 0.2) is 18.2 Å². The lowest BCUT2D eigenvalue weighted by molar-refractivity contribution is 0.184. The summed E-state index contributed by atoms with van der Waals surface area (Å²) in [7, 11) is 0. The Hall–Kier alpha value is -0.970. The molecular weight excluding hydrogens is 297 g/mol. The van der Waals surface area contributed by atoms with Gasteiger partial charge in [-0.1, -0.05) is 37.0 Å². The van der Waals surface area contributed by atoms with Gasteiger partial charge in [-0.2, -0.15) is 0 Å². The van der Waals surface area contributed by atoms with Crippen LogP contribution in [-0.4, -0.2) is 25.2 Å². The molecule has 1 aliphatic rings. The molecule has 1 unspecified atom stereocenters. The van der Waals surface area contributed by atoms with Crippen LogP contribution >= 0.6 is 23.2 Å². The standard InChI is InChI=1S/C14H19Cl2N3O/c1-14(2)8-17-6-5-12(14)19-13(20)18-11-7-9(15)3-4-10(11)16/h3-4,7,12,17H,5-6,8H2,1-2H3,(H2,18,19,20). The molecule has 0 aliphatic carbocycles. The minimum absolute atomic E-state index is 0.0215. The molecule has 1 atom stereocenters. The van der Waals surface area contributed by atoms with Crippen molar-refractivity contribution in [3.8, 4) is 0 Å². The van der Waals surface area contributed by atoms with Gasteiger partial charge in [0, 0.05) is 17.6 Å². The van der Waals surface area contributed by atoms with E-state index < -0.39 is 0 Å². The number of nitrogens with one attached hydrogen (secondary N) is 3. The molecule has 0 aromatic heterocycles. The van der Waals surface area contributed by atoms with Crippen LogP contribution in [0.5, 0.6) is 0 Å². The first-order valence-electron chi connectivity index (χ1n) is 6.62. The molecule has 3 N–H and O–H groups in total. The van der Waals surface area contributed by atoms with Crippen molar-refractivity contribution in [2.75, 3.05) is 18.4 Å². The van der Waals surface area contributed by atoms with Crippen LogP contribution in [0.4, 0.5) is 10.5 Å². The van der Waals surface area contributed by atoms with Crippen LogP contribution in [0.1, 0.15) is 20.3 Å². The van der Waals surface area contributed by atoms with Crippen molar-refractivity contribution in [3.05, 3.63) is 28.2 Å². The highest BCUT2D eigenvalue weighted by molar-refractivity contribution is 6.35. The van der Waals surface area contributed by atoms with Gasteiger partial charge in [-0.05, 0) is 36.6 Å². The summed E-state index contributed by atoms with van der Waals surface area (Å²) in [6.07, 6.45) is 0.906. The molecule has 1 aliphatic heterocycles. The zero-order valence-electron chi connectivity index (χ0n) is 11.6. The Morgan fingerprint density at radius 1 is 1.40 bits per heavy atom. The molecule has 1 heterocycles. The molecule has 110 valence electrons. The molecule has 0 spiro atoms. The molecule has 20 heavy (non-hydrogen) atoms. The molecule has 0 radical (unpaired) electrons. The Morgan fingerprint density at radius 2 is 2.15 bits per heavy atom. The summed E-state index contributed by atoms with van der Waals surface area (Å²) in [5.41, 5.74) is 0.539. The number of rotatable bonds is 2. The van der Waals surface area contributed by atoms with Crippen molar-refractivity contribution in [2.24, 2.45) is 5.41 Å². The topological polar surface area (TPSA) is 53.2 Å². The maximum absolute atomic E-state index is 12.1. The second-order valence-electron chi connectivity index (χ2n) is 5.73. The normalized spacial score (nSPS) is 21.3. The highest BCUT2D eigenvalue weighted by Crippen LogP contribution is 2.27. The fraction of sp³-hybridized carbons (Fsp3) is 0.500. The number of hydrogen-bond acceptors (Lipinski definition) is 2. The van der Waals surface area contributed by atoms with Gasteiger partial charge in [-0.25, -0.2) is 4.79 Å². The Morgan fingerprint density at radius 3 is 2.85 bits per heavy atom. The van der Waals surface area contributed by atoms with Crippen molar-refractivity contribution in [1.29, 1.82) is 0 Å². The first-order valence-corrected chi connectivity index (χ1v) is 7.37. The van der Waals surface area contributed by atoms with E-state index in [1.165, 1.54) is 0 Å². The summed E-state index contributed by atoms with van der Waals surface area (Å²) in [6.45, 7) is 6.06. The summed E-state index contributed by atoms with van der Waals surface area (Å²) < 4.78 is 0. The van der Waals surface area contributed by atoms with Gasteiger partial charge < -0.3 is 16.0 Å². The van der Waals surface area contributed by atoms with Gasteiger partial charge in [-0.3, -0.25) is 0 Å². The van der Waals surface area contributed by atoms with E-state index in [1.54, 1.807) is 18.2 Å². The third-order valence-corrected chi connectivity index (χ3v) is 4.18. The van der Waals surface area contributed by atoms with Crippen LogP contribution in [0, 0.1) is 5.41 Å². The molecule has 0 saturated carbocycles. The van der Waals surface area contributed by atoms with E-state index >= 15 is 0 Å². The van der Waals surface area contributed by atoms with Crippen molar-refractivity contribution >= 4 is 34.9 Å². The highest BCUT2D eigenvalue weighted by atomic mass is 35.5. The third kappa shape index (κ3) is 3.78. The molecule has 4 nitrogen and oxygen atoms in total. The number of anilines is 1. The minimum atomic E-state index is -0.255. The van der Waals surface area contributed by atoms with Gasteiger partial charge in [0.25, 0.3) is 0 Å². The maximum Gasteiger partial charge on any atom is 0.319 e. The lowest BCUT2D eigenvalue weighted by Gasteiger charge is -2.39. The lowest BCUT2D eigenvalue weighted by Crippen LogP contribution is -2.55. The van der Waals surface area contributed by atoms with Gasteiger partial charge in [0.1, 0.15) is 0 Å². The van der Waals surface area contributed by atoms with Crippen LogP contribution in [0.25, 0.3) is 0 Å². The van der Waals surface area contributed by atoms with Crippen molar-refractivity contribution in [2.45, 2.75) is 26.3 Å². The number of carbonyl (C=O) groups excluding carboxylic acids is 1. The third-order valence-electron chi connectivity index (χ3n) is 3.62. The van der Waals surface area contributed by atoms with E-state index in [-0.39, 0.29) is 17.5 Å². The maximum atomic E-state index is 12.1. The van der Waals surface area contributed by atoms with Gasteiger partial charge in [-0.15, -0.1) is 0 Å². The van der Waals surface area contributed by atoms with Gasteiger partial charge in [0.05, 0.1) is 10.7 Å². The van der Waals surface area contributed by atoms with Crippen molar-refractivity contribution in [3.63, 3.8) is 0 Å². The predicted molar refractivity (Wildman–Crippen MR) is 83.7 cm³/mol. The smallest absolute Gasteiger partial charge is 0.319 e. The fourth-order valence-electron chi connectivity index (χ4n) is 2.35. The highest BCUT2D eigenvalue weighted by Gasteiger charge is 2.33. The predicted octanol–water partition coefficient (Wildman–Crippen LogP) is 3.50. The first kappa shape index (κ1) is 15.4. The number of amides is 2. The molecule has 1 aromatic rings. The summed E-state index contributed by atoms with van der Waals surface area (Å²) in [6, 6.07) is 4.85. The van der Waals surface area contributed by atoms with Crippen molar-refractivity contribution < 1.29 is 4.79 Å². The Labute approximate surface area is 129 Å². The summed E-state index contributed by atoms with van der Waals surface area (Å²) in [5.74, 6) is 0. The van der Waals surface area contributed by atoms with Crippen molar-refractivity contribution in [1.82, 2.24) is 10.6 Å². The molecule has 1 fully saturated rings. The van der Waals surface area contributed by atoms with E-state index in [4.69, 9.17) is 23.2 Å². The number of benzene rings is 1. The largest absolute Gasteiger partial charge is 0.334 e. The second-order valence-corrected chi connectivity index (χ2v) is 6.57. The number of piperidine rings is 1. The lowest BCUT2D eigenvalue weighted by atomic mass is 9.80. The molecule has 1 saturated heterocycles. The zero-order chi connectivity index (χ0) is 14.8. The molecular formula is C14H19Cl2N3O. The van der Waals surface area contributed by atoms with Crippen LogP contribution in [0.2, 0.25) is 10.0 Å². The van der Waals surface area contributed by atoms with E-state index in [2.05, 4.69) is 29.8 Å². The molecule has 1 aromatic carbocycles. The monoisotopic (exact) mass is 315 g/mol. The number of hydrogen-bond donors (Lipinski definition) is 3. The zero-order valence-corrected chi connectivity index (χ0v) is 13.1. The SMILES string of the molecule is CC1(C)CNCCC1NC(=O)Nc1cc(Cl)ccc1Cl.